The van der Waals surface area contributed by atoms with Crippen LogP contribution in [0.4, 0.5) is 5.69 Å². The maximum Gasteiger partial charge on any atom is 0.290 e. The third-order valence-electron chi connectivity index (χ3n) is 5.19. The van der Waals surface area contributed by atoms with Gasteiger partial charge in [-0.05, 0) is 18.6 Å². The Morgan fingerprint density at radius 3 is 2.77 bits per heavy atom. The van der Waals surface area contributed by atoms with E-state index in [1.54, 1.807) is 44.3 Å². The van der Waals surface area contributed by atoms with E-state index in [0.29, 0.717) is 41.7 Å². The van der Waals surface area contributed by atoms with E-state index in [0.717, 1.165) is 23.4 Å². The van der Waals surface area contributed by atoms with E-state index in [4.69, 9.17) is 21.1 Å². The van der Waals surface area contributed by atoms with Crippen molar-refractivity contribution < 1.29 is 9.47 Å². The van der Waals surface area contributed by atoms with Crippen molar-refractivity contribution in [2.75, 3.05) is 19.0 Å². The Morgan fingerprint density at radius 2 is 2.10 bits per heavy atom. The van der Waals surface area contributed by atoms with Crippen molar-refractivity contribution >= 4 is 17.3 Å². The Morgan fingerprint density at radius 1 is 1.27 bits per heavy atom. The number of methoxy groups -OCH3 is 1. The van der Waals surface area contributed by atoms with Crippen molar-refractivity contribution in [1.29, 1.82) is 0 Å². The van der Waals surface area contributed by atoms with Crippen LogP contribution < -0.4 is 20.3 Å². The molecule has 0 amide bonds. The normalized spacial score (nSPS) is 17.6. The van der Waals surface area contributed by atoms with Crippen molar-refractivity contribution in [3.8, 4) is 11.6 Å². The molecule has 1 saturated carbocycles. The van der Waals surface area contributed by atoms with Crippen molar-refractivity contribution in [2.45, 2.75) is 18.9 Å². The molecule has 0 aliphatic heterocycles. The molecule has 10 heteroatoms. The molecule has 0 radical (unpaired) electrons. The minimum atomic E-state index is -0.242. The van der Waals surface area contributed by atoms with Crippen LogP contribution in [0.1, 0.15) is 23.6 Å². The molecule has 3 heterocycles. The SMILES string of the molecule is COc1ccc([C@H]2C[C@@H]2COc2cc(NCc3cnn(C)c3Cl)c(=O)n(C)n2)nc1. The molecule has 9 nitrogen and oxygen atoms in total. The summed E-state index contributed by atoms with van der Waals surface area (Å²) in [4.78, 5) is 16.8. The Labute approximate surface area is 178 Å². The summed E-state index contributed by atoms with van der Waals surface area (Å²) in [5, 5.41) is 11.9. The van der Waals surface area contributed by atoms with Crippen LogP contribution in [0.2, 0.25) is 5.15 Å². The minimum Gasteiger partial charge on any atom is -0.495 e. The molecule has 4 rings (SSSR count). The maximum absolute atomic E-state index is 12.4. The maximum atomic E-state index is 12.4. The molecule has 3 aromatic heterocycles. The van der Waals surface area contributed by atoms with Crippen LogP contribution in [-0.4, -0.2) is 38.3 Å². The molecule has 0 bridgehead atoms. The topological polar surface area (TPSA) is 96.1 Å². The summed E-state index contributed by atoms with van der Waals surface area (Å²) in [5.74, 6) is 1.88. The van der Waals surface area contributed by atoms with Crippen molar-refractivity contribution in [1.82, 2.24) is 24.5 Å². The largest absolute Gasteiger partial charge is 0.495 e. The number of hydrogen-bond acceptors (Lipinski definition) is 7. The van der Waals surface area contributed by atoms with Gasteiger partial charge in [-0.3, -0.25) is 14.5 Å². The summed E-state index contributed by atoms with van der Waals surface area (Å²) < 4.78 is 13.9. The summed E-state index contributed by atoms with van der Waals surface area (Å²) >= 11 is 6.18. The fraction of sp³-hybridized carbons (Fsp3) is 0.400. The lowest BCUT2D eigenvalue weighted by atomic mass is 10.2. The Hall–Kier alpha value is -3.07. The molecular weight excluding hydrogens is 408 g/mol. The van der Waals surface area contributed by atoms with E-state index in [1.807, 2.05) is 12.1 Å². The highest BCUT2D eigenvalue weighted by Gasteiger charge is 2.40. The van der Waals surface area contributed by atoms with Crippen molar-refractivity contribution in [3.05, 3.63) is 57.4 Å². The number of aryl methyl sites for hydroxylation is 2. The van der Waals surface area contributed by atoms with Gasteiger partial charge in [0.2, 0.25) is 5.88 Å². The minimum absolute atomic E-state index is 0.242. The van der Waals surface area contributed by atoms with E-state index in [2.05, 4.69) is 20.5 Å². The standard InChI is InChI=1S/C20H23ClN6O3/c1-26-19(21)13(9-24-26)8-22-17-7-18(25-27(2)20(17)28)30-11-12-6-15(12)16-5-4-14(29-3)10-23-16/h4-5,7,9-10,12,15,22H,6,8,11H2,1-3H3/t12-,15+/m1/s1. The van der Waals surface area contributed by atoms with Gasteiger partial charge in [-0.2, -0.15) is 5.10 Å². The second-order valence-corrected chi connectivity index (χ2v) is 7.66. The van der Waals surface area contributed by atoms with E-state index < -0.39 is 0 Å². The Balaban J connectivity index is 1.37. The first-order valence-corrected chi connectivity index (χ1v) is 9.95. The highest BCUT2D eigenvalue weighted by molar-refractivity contribution is 6.30. The van der Waals surface area contributed by atoms with Gasteiger partial charge in [0, 0.05) is 49.8 Å². The first kappa shape index (κ1) is 20.2. The number of rotatable bonds is 8. The van der Waals surface area contributed by atoms with Gasteiger partial charge < -0.3 is 14.8 Å². The second kappa shape index (κ2) is 8.35. The zero-order chi connectivity index (χ0) is 21.3. The number of nitrogens with one attached hydrogen (secondary N) is 1. The number of hydrogen-bond donors (Lipinski definition) is 1. The van der Waals surface area contributed by atoms with Crippen LogP contribution in [0.15, 0.2) is 35.4 Å². The molecule has 0 aromatic carbocycles. The number of aromatic nitrogens is 5. The van der Waals surface area contributed by atoms with E-state index in [1.165, 1.54) is 4.68 Å². The molecule has 158 valence electrons. The predicted molar refractivity (Wildman–Crippen MR) is 112 cm³/mol. The molecule has 0 spiro atoms. The number of halogens is 1. The molecule has 3 aromatic rings. The molecule has 1 fully saturated rings. The van der Waals surface area contributed by atoms with E-state index >= 15 is 0 Å². The summed E-state index contributed by atoms with van der Waals surface area (Å²) in [6.45, 7) is 0.886. The van der Waals surface area contributed by atoms with Crippen molar-refractivity contribution in [3.63, 3.8) is 0 Å². The molecule has 1 aliphatic rings. The zero-order valence-corrected chi connectivity index (χ0v) is 17.8. The lowest BCUT2D eigenvalue weighted by Crippen LogP contribution is -2.24. The molecule has 0 saturated heterocycles. The second-order valence-electron chi connectivity index (χ2n) is 7.30. The smallest absolute Gasteiger partial charge is 0.290 e. The molecule has 30 heavy (non-hydrogen) atoms. The lowest BCUT2D eigenvalue weighted by Gasteiger charge is -2.10. The monoisotopic (exact) mass is 430 g/mol. The van der Waals surface area contributed by atoms with Crippen LogP contribution in [0.3, 0.4) is 0 Å². The highest BCUT2D eigenvalue weighted by atomic mass is 35.5. The molecule has 2 atom stereocenters. The number of anilines is 1. The van der Waals surface area contributed by atoms with Crippen LogP contribution in [-0.2, 0) is 20.6 Å². The van der Waals surface area contributed by atoms with Gasteiger partial charge in [0.15, 0.2) is 0 Å². The van der Waals surface area contributed by atoms with Gasteiger partial charge >= 0.3 is 0 Å². The average molecular weight is 431 g/mol. The van der Waals surface area contributed by atoms with Gasteiger partial charge in [0.05, 0.1) is 26.1 Å². The Kier molecular flexibility index (Phi) is 5.63. The molecule has 0 unspecified atom stereocenters. The van der Waals surface area contributed by atoms with Gasteiger partial charge in [0.25, 0.3) is 5.56 Å². The van der Waals surface area contributed by atoms with Gasteiger partial charge in [-0.1, -0.05) is 11.6 Å². The third kappa shape index (κ3) is 4.25. The van der Waals surface area contributed by atoms with Crippen molar-refractivity contribution in [2.24, 2.45) is 20.0 Å². The highest BCUT2D eigenvalue weighted by Crippen LogP contribution is 2.46. The summed E-state index contributed by atoms with van der Waals surface area (Å²) in [5.41, 5.74) is 1.99. The first-order valence-electron chi connectivity index (χ1n) is 9.57. The zero-order valence-electron chi connectivity index (χ0n) is 17.0. The fourth-order valence-corrected chi connectivity index (χ4v) is 3.43. The molecular formula is C20H23ClN6O3. The van der Waals surface area contributed by atoms with E-state index in [9.17, 15) is 4.79 Å². The third-order valence-corrected chi connectivity index (χ3v) is 5.68. The molecule has 1 aliphatic carbocycles. The van der Waals surface area contributed by atoms with Crippen LogP contribution in [0, 0.1) is 5.92 Å². The Bertz CT molecular complexity index is 1090. The number of nitrogens with zero attached hydrogens (tertiary/aromatic N) is 5. The van der Waals surface area contributed by atoms with Crippen LogP contribution >= 0.6 is 11.6 Å². The summed E-state index contributed by atoms with van der Waals surface area (Å²) in [6.07, 6.45) is 4.40. The number of ether oxygens (including phenoxy) is 2. The summed E-state index contributed by atoms with van der Waals surface area (Å²) in [6, 6.07) is 5.52. The van der Waals surface area contributed by atoms with Crippen LogP contribution in [0.5, 0.6) is 11.6 Å². The van der Waals surface area contributed by atoms with Gasteiger partial charge in [-0.15, -0.1) is 5.10 Å². The fourth-order valence-electron chi connectivity index (χ4n) is 3.27. The summed E-state index contributed by atoms with van der Waals surface area (Å²) in [7, 11) is 4.98. The lowest BCUT2D eigenvalue weighted by molar-refractivity contribution is 0.278. The van der Waals surface area contributed by atoms with E-state index in [-0.39, 0.29) is 5.56 Å². The van der Waals surface area contributed by atoms with Gasteiger partial charge in [-0.25, -0.2) is 4.68 Å². The predicted octanol–water partition coefficient (Wildman–Crippen LogP) is 2.37. The molecule has 1 N–H and O–H groups in total. The quantitative estimate of drug-likeness (QED) is 0.586. The first-order chi connectivity index (χ1) is 14.5. The average Bonchev–Trinajstić information content (AvgIpc) is 3.47. The number of pyridine rings is 1. The van der Waals surface area contributed by atoms with Crippen LogP contribution in [0.25, 0.3) is 0 Å². The van der Waals surface area contributed by atoms with Gasteiger partial charge in [0.1, 0.15) is 16.6 Å².